The third-order valence-corrected chi connectivity index (χ3v) is 6.54. The molecule has 10 heteroatoms. The monoisotopic (exact) mass is 399 g/mol. The van der Waals surface area contributed by atoms with Crippen LogP contribution in [0.15, 0.2) is 23.1 Å². The number of morpholine rings is 2. The molecule has 2 aliphatic rings. The molecule has 0 unspecified atom stereocenters. The van der Waals surface area contributed by atoms with Crippen LogP contribution in [0.2, 0.25) is 0 Å². The molecule has 0 bridgehead atoms. The quantitative estimate of drug-likeness (QED) is 0.720. The van der Waals surface area contributed by atoms with Gasteiger partial charge in [-0.05, 0) is 25.1 Å². The molecule has 27 heavy (non-hydrogen) atoms. The topological polar surface area (TPSA) is 106 Å². The summed E-state index contributed by atoms with van der Waals surface area (Å²) in [5.74, 6) is -0.0472. The number of nitrogens with one attached hydrogen (secondary N) is 2. The first-order valence-corrected chi connectivity index (χ1v) is 10.3. The van der Waals surface area contributed by atoms with E-state index in [9.17, 15) is 13.2 Å². The van der Waals surface area contributed by atoms with E-state index < -0.39 is 16.1 Å². The fraction of sp³-hybridized carbons (Fsp3) is 0.588. The second-order valence-electron chi connectivity index (χ2n) is 6.38. The van der Waals surface area contributed by atoms with Gasteiger partial charge in [0.1, 0.15) is 16.7 Å². The van der Waals surface area contributed by atoms with E-state index in [1.165, 1.54) is 23.5 Å². The fourth-order valence-corrected chi connectivity index (χ4v) is 4.72. The van der Waals surface area contributed by atoms with E-state index in [0.29, 0.717) is 32.1 Å². The summed E-state index contributed by atoms with van der Waals surface area (Å²) in [6.45, 7) is 4.22. The van der Waals surface area contributed by atoms with Gasteiger partial charge in [-0.3, -0.25) is 4.79 Å². The molecule has 1 amide bonds. The van der Waals surface area contributed by atoms with E-state index in [1.54, 1.807) is 6.07 Å². The SMILES string of the molecule is COc1ccc(NC(=O)[C@H]2NCCO[C@@H]2C)cc1S(=O)(=O)N1CCOCC1. The molecule has 0 saturated carbocycles. The number of nitrogens with zero attached hydrogens (tertiary/aromatic N) is 1. The summed E-state index contributed by atoms with van der Waals surface area (Å²) in [6.07, 6.45) is -0.270. The molecule has 2 fully saturated rings. The summed E-state index contributed by atoms with van der Waals surface area (Å²) in [5.41, 5.74) is 0.382. The van der Waals surface area contributed by atoms with E-state index in [0.717, 1.165) is 0 Å². The van der Waals surface area contributed by atoms with Gasteiger partial charge in [-0.15, -0.1) is 0 Å². The minimum absolute atomic E-state index is 0.0191. The van der Waals surface area contributed by atoms with E-state index >= 15 is 0 Å². The third-order valence-electron chi connectivity index (χ3n) is 4.62. The van der Waals surface area contributed by atoms with Crippen LogP contribution in [-0.2, 0) is 24.3 Å². The second kappa shape index (κ2) is 8.53. The van der Waals surface area contributed by atoms with Crippen LogP contribution in [0, 0.1) is 0 Å². The lowest BCUT2D eigenvalue weighted by Crippen LogP contribution is -2.53. The van der Waals surface area contributed by atoms with Gasteiger partial charge in [0.25, 0.3) is 0 Å². The van der Waals surface area contributed by atoms with Crippen LogP contribution in [0.1, 0.15) is 6.92 Å². The Morgan fingerprint density at radius 1 is 1.30 bits per heavy atom. The average molecular weight is 399 g/mol. The van der Waals surface area contributed by atoms with Gasteiger partial charge in [0.15, 0.2) is 0 Å². The highest BCUT2D eigenvalue weighted by Gasteiger charge is 2.31. The highest BCUT2D eigenvalue weighted by Crippen LogP contribution is 2.30. The van der Waals surface area contributed by atoms with Gasteiger partial charge in [-0.1, -0.05) is 0 Å². The summed E-state index contributed by atoms with van der Waals surface area (Å²) < 4.78 is 43.3. The molecular weight excluding hydrogens is 374 g/mol. The van der Waals surface area contributed by atoms with Gasteiger partial charge in [0.2, 0.25) is 15.9 Å². The van der Waals surface area contributed by atoms with Crippen molar-refractivity contribution in [2.24, 2.45) is 0 Å². The van der Waals surface area contributed by atoms with Crippen molar-refractivity contribution in [3.63, 3.8) is 0 Å². The van der Waals surface area contributed by atoms with Crippen LogP contribution >= 0.6 is 0 Å². The fourth-order valence-electron chi connectivity index (χ4n) is 3.13. The number of sulfonamides is 1. The van der Waals surface area contributed by atoms with Crippen molar-refractivity contribution >= 4 is 21.6 Å². The maximum atomic E-state index is 13.0. The smallest absolute Gasteiger partial charge is 0.246 e. The molecule has 2 saturated heterocycles. The van der Waals surface area contributed by atoms with Gasteiger partial charge < -0.3 is 24.8 Å². The van der Waals surface area contributed by atoms with Crippen LogP contribution in [0.3, 0.4) is 0 Å². The predicted octanol–water partition coefficient (Wildman–Crippen LogP) is 0.0315. The van der Waals surface area contributed by atoms with Crippen LogP contribution in [0.4, 0.5) is 5.69 Å². The van der Waals surface area contributed by atoms with Crippen LogP contribution in [-0.4, -0.2) is 77.3 Å². The first-order chi connectivity index (χ1) is 12.9. The Morgan fingerprint density at radius 2 is 2.04 bits per heavy atom. The lowest BCUT2D eigenvalue weighted by Gasteiger charge is -2.29. The normalized spacial score (nSPS) is 24.4. The molecule has 3 rings (SSSR count). The number of hydrogen-bond donors (Lipinski definition) is 2. The molecule has 2 N–H and O–H groups in total. The van der Waals surface area contributed by atoms with Gasteiger partial charge in [0, 0.05) is 25.3 Å². The van der Waals surface area contributed by atoms with Gasteiger partial charge in [-0.25, -0.2) is 8.42 Å². The zero-order valence-corrected chi connectivity index (χ0v) is 16.3. The van der Waals surface area contributed by atoms with E-state index in [4.69, 9.17) is 14.2 Å². The highest BCUT2D eigenvalue weighted by atomic mass is 32.2. The molecular formula is C17H25N3O6S. The summed E-state index contributed by atoms with van der Waals surface area (Å²) in [5, 5.41) is 5.87. The van der Waals surface area contributed by atoms with E-state index in [2.05, 4.69) is 10.6 Å². The van der Waals surface area contributed by atoms with Crippen molar-refractivity contribution in [3.8, 4) is 5.75 Å². The highest BCUT2D eigenvalue weighted by molar-refractivity contribution is 7.89. The number of benzene rings is 1. The summed E-state index contributed by atoms with van der Waals surface area (Å²) in [6, 6.07) is 4.08. The number of anilines is 1. The van der Waals surface area contributed by atoms with Crippen molar-refractivity contribution in [1.29, 1.82) is 0 Å². The Labute approximate surface area is 159 Å². The molecule has 0 aromatic heterocycles. The van der Waals surface area contributed by atoms with Crippen molar-refractivity contribution < 1.29 is 27.4 Å². The van der Waals surface area contributed by atoms with Crippen LogP contribution in [0.25, 0.3) is 0 Å². The Hall–Kier alpha value is -1.72. The van der Waals surface area contributed by atoms with Gasteiger partial charge in [0.05, 0.1) is 33.0 Å². The first-order valence-electron chi connectivity index (χ1n) is 8.85. The third kappa shape index (κ3) is 4.41. The first kappa shape index (κ1) is 20.0. The number of methoxy groups -OCH3 is 1. The largest absolute Gasteiger partial charge is 0.495 e. The predicted molar refractivity (Wildman–Crippen MR) is 98.4 cm³/mol. The van der Waals surface area contributed by atoms with Gasteiger partial charge in [-0.2, -0.15) is 4.31 Å². The zero-order valence-electron chi connectivity index (χ0n) is 15.4. The minimum Gasteiger partial charge on any atom is -0.495 e. The molecule has 0 radical (unpaired) electrons. The Bertz CT molecular complexity index is 779. The maximum Gasteiger partial charge on any atom is 0.246 e. The van der Waals surface area contributed by atoms with E-state index in [-0.39, 0.29) is 35.7 Å². The summed E-state index contributed by atoms with van der Waals surface area (Å²) >= 11 is 0. The molecule has 150 valence electrons. The number of amides is 1. The number of hydrogen-bond acceptors (Lipinski definition) is 7. The molecule has 0 aliphatic carbocycles. The molecule has 9 nitrogen and oxygen atoms in total. The molecule has 2 aliphatic heterocycles. The van der Waals surface area contributed by atoms with E-state index in [1.807, 2.05) is 6.92 Å². The van der Waals surface area contributed by atoms with Crippen molar-refractivity contribution in [1.82, 2.24) is 9.62 Å². The number of rotatable bonds is 5. The standard InChI is InChI=1S/C17H25N3O6S/c1-12-16(18-5-8-26-12)17(21)19-13-3-4-14(24-2)15(11-13)27(22,23)20-6-9-25-10-7-20/h3-4,11-12,16,18H,5-10H2,1-2H3,(H,19,21)/t12-,16+/m1/s1. The molecule has 0 spiro atoms. The molecule has 1 aromatic rings. The number of carbonyl (C=O) groups is 1. The minimum atomic E-state index is -3.76. The Kier molecular flexibility index (Phi) is 6.33. The Morgan fingerprint density at radius 3 is 2.70 bits per heavy atom. The number of carbonyl (C=O) groups excluding carboxylic acids is 1. The maximum absolute atomic E-state index is 13.0. The van der Waals surface area contributed by atoms with Crippen molar-refractivity contribution in [2.45, 2.75) is 24.0 Å². The number of ether oxygens (including phenoxy) is 3. The lowest BCUT2D eigenvalue weighted by atomic mass is 10.1. The lowest BCUT2D eigenvalue weighted by molar-refractivity contribution is -0.123. The Balaban J connectivity index is 1.84. The second-order valence-corrected chi connectivity index (χ2v) is 8.29. The van der Waals surface area contributed by atoms with Crippen molar-refractivity contribution in [2.75, 3.05) is 51.9 Å². The summed E-state index contributed by atoms with van der Waals surface area (Å²) in [4.78, 5) is 12.6. The van der Waals surface area contributed by atoms with Crippen LogP contribution in [0.5, 0.6) is 5.75 Å². The average Bonchev–Trinajstić information content (AvgIpc) is 2.69. The molecule has 2 atom stereocenters. The van der Waals surface area contributed by atoms with Crippen LogP contribution < -0.4 is 15.4 Å². The zero-order chi connectivity index (χ0) is 19.4. The van der Waals surface area contributed by atoms with Crippen molar-refractivity contribution in [3.05, 3.63) is 18.2 Å². The van der Waals surface area contributed by atoms with Gasteiger partial charge >= 0.3 is 0 Å². The molecule has 2 heterocycles. The molecule has 1 aromatic carbocycles. The summed E-state index contributed by atoms with van der Waals surface area (Å²) in [7, 11) is -2.35.